The molecule has 0 bridgehead atoms. The fraction of sp³-hybridized carbons (Fsp3) is 1.00. The normalized spacial score (nSPS) is 14.1. The number of hydrogen-bond acceptors (Lipinski definition) is 0. The molecule has 0 N–H and O–H groups in total. The predicted octanol–water partition coefficient (Wildman–Crippen LogP) is 2.03. The van der Waals surface area contributed by atoms with Crippen molar-refractivity contribution in [1.29, 1.82) is 0 Å². The van der Waals surface area contributed by atoms with E-state index in [4.69, 9.17) is 11.6 Å². The lowest BCUT2D eigenvalue weighted by atomic mass is 10.3. The van der Waals surface area contributed by atoms with E-state index in [-0.39, 0.29) is 0 Å². The minimum Gasteiger partial charge on any atom is -0.126 e. The van der Waals surface area contributed by atoms with Crippen LogP contribution in [0, 0.1) is 5.92 Å². The van der Waals surface area contributed by atoms with Gasteiger partial charge in [-0.1, -0.05) is 19.5 Å². The summed E-state index contributed by atoms with van der Waals surface area (Å²) in [5, 5.41) is 0. The first-order valence-electron chi connectivity index (χ1n) is 2.51. The standard InChI is InChI=1S/C5H11ClSi/c1-5(3-6)4-7-2/h5H,3-4H2,1-2H3. The molecule has 0 fully saturated rings. The summed E-state index contributed by atoms with van der Waals surface area (Å²) >= 11 is 5.54. The van der Waals surface area contributed by atoms with Crippen LogP contribution in [-0.4, -0.2) is 15.4 Å². The van der Waals surface area contributed by atoms with Crippen LogP contribution in [0.5, 0.6) is 0 Å². The highest BCUT2D eigenvalue weighted by Gasteiger charge is 1.94. The van der Waals surface area contributed by atoms with Crippen LogP contribution in [0.15, 0.2) is 0 Å². The first kappa shape index (κ1) is 7.51. The van der Waals surface area contributed by atoms with Crippen molar-refractivity contribution in [1.82, 2.24) is 0 Å². The first-order valence-corrected chi connectivity index (χ1v) is 4.76. The smallest absolute Gasteiger partial charge is 0.0345 e. The van der Waals surface area contributed by atoms with Gasteiger partial charge in [-0.25, -0.2) is 0 Å². The Morgan fingerprint density at radius 3 is 2.43 bits per heavy atom. The second-order valence-electron chi connectivity index (χ2n) is 1.82. The molecule has 0 aliphatic carbocycles. The lowest BCUT2D eigenvalue weighted by molar-refractivity contribution is 0.740. The Morgan fingerprint density at radius 2 is 2.29 bits per heavy atom. The topological polar surface area (TPSA) is 0 Å². The molecule has 0 aromatic carbocycles. The monoisotopic (exact) mass is 134 g/mol. The summed E-state index contributed by atoms with van der Waals surface area (Å²) < 4.78 is 0. The molecule has 42 valence electrons. The summed E-state index contributed by atoms with van der Waals surface area (Å²) in [7, 11) is 1.06. The molecule has 1 unspecified atom stereocenters. The third-order valence-electron chi connectivity index (χ3n) is 0.816. The van der Waals surface area contributed by atoms with Crippen LogP contribution in [-0.2, 0) is 0 Å². The van der Waals surface area contributed by atoms with Gasteiger partial charge in [-0.3, -0.25) is 0 Å². The quantitative estimate of drug-likeness (QED) is 0.410. The molecular formula is C5H11ClSi. The molecular weight excluding hydrogens is 124 g/mol. The second-order valence-corrected chi connectivity index (χ2v) is 3.24. The average molecular weight is 135 g/mol. The molecule has 0 aromatic heterocycles. The highest BCUT2D eigenvalue weighted by Crippen LogP contribution is 2.02. The molecule has 0 aliphatic rings. The molecule has 0 saturated heterocycles. The summed E-state index contributed by atoms with van der Waals surface area (Å²) in [6.07, 6.45) is 0. The molecule has 0 rings (SSSR count). The van der Waals surface area contributed by atoms with E-state index in [1.54, 1.807) is 0 Å². The summed E-state index contributed by atoms with van der Waals surface area (Å²) in [5.41, 5.74) is 0. The Bertz CT molecular complexity index is 39.1. The van der Waals surface area contributed by atoms with E-state index in [9.17, 15) is 0 Å². The molecule has 1 atom stereocenters. The van der Waals surface area contributed by atoms with Crippen molar-refractivity contribution in [3.63, 3.8) is 0 Å². The number of hydrogen-bond donors (Lipinski definition) is 0. The van der Waals surface area contributed by atoms with Gasteiger partial charge in [0.2, 0.25) is 0 Å². The highest BCUT2D eigenvalue weighted by molar-refractivity contribution is 6.33. The summed E-state index contributed by atoms with van der Waals surface area (Å²) in [4.78, 5) is 0. The van der Waals surface area contributed by atoms with Gasteiger partial charge in [-0.05, 0) is 5.92 Å². The molecule has 2 heteroatoms. The Hall–Kier alpha value is 0.507. The summed E-state index contributed by atoms with van der Waals surface area (Å²) in [6.45, 7) is 4.40. The van der Waals surface area contributed by atoms with E-state index in [2.05, 4.69) is 13.5 Å². The van der Waals surface area contributed by atoms with E-state index < -0.39 is 0 Å². The van der Waals surface area contributed by atoms with E-state index in [0.29, 0.717) is 0 Å². The third-order valence-corrected chi connectivity index (χ3v) is 2.45. The predicted molar refractivity (Wildman–Crippen MR) is 36.3 cm³/mol. The minimum absolute atomic E-state index is 0.727. The van der Waals surface area contributed by atoms with Crippen molar-refractivity contribution in [2.45, 2.75) is 19.5 Å². The molecule has 0 spiro atoms. The van der Waals surface area contributed by atoms with Gasteiger partial charge in [0.1, 0.15) is 0 Å². The molecule has 0 nitrogen and oxygen atoms in total. The fourth-order valence-electron chi connectivity index (χ4n) is 0.403. The molecule has 2 radical (unpaired) electrons. The van der Waals surface area contributed by atoms with Gasteiger partial charge in [0.15, 0.2) is 0 Å². The maximum atomic E-state index is 5.54. The van der Waals surface area contributed by atoms with E-state index in [1.165, 1.54) is 6.04 Å². The van der Waals surface area contributed by atoms with Crippen LogP contribution in [0.3, 0.4) is 0 Å². The van der Waals surface area contributed by atoms with E-state index >= 15 is 0 Å². The van der Waals surface area contributed by atoms with Crippen molar-refractivity contribution < 1.29 is 0 Å². The van der Waals surface area contributed by atoms with Gasteiger partial charge >= 0.3 is 0 Å². The van der Waals surface area contributed by atoms with Crippen molar-refractivity contribution in [2.24, 2.45) is 5.92 Å². The third kappa shape index (κ3) is 4.36. The number of rotatable bonds is 3. The molecule has 0 aromatic rings. The second kappa shape index (κ2) is 4.66. The van der Waals surface area contributed by atoms with E-state index in [1.807, 2.05) is 0 Å². The molecule has 0 aliphatic heterocycles. The van der Waals surface area contributed by atoms with Crippen molar-refractivity contribution >= 4 is 21.1 Å². The lowest BCUT2D eigenvalue weighted by Gasteiger charge is -2.00. The largest absolute Gasteiger partial charge is 0.126 e. The van der Waals surface area contributed by atoms with Crippen molar-refractivity contribution in [2.75, 3.05) is 5.88 Å². The van der Waals surface area contributed by atoms with Crippen LogP contribution < -0.4 is 0 Å². The van der Waals surface area contributed by atoms with Crippen LogP contribution in [0.2, 0.25) is 12.6 Å². The minimum atomic E-state index is 0.727. The zero-order valence-electron chi connectivity index (χ0n) is 4.87. The van der Waals surface area contributed by atoms with Crippen LogP contribution >= 0.6 is 11.6 Å². The zero-order chi connectivity index (χ0) is 5.70. The van der Waals surface area contributed by atoms with Gasteiger partial charge in [0.05, 0.1) is 0 Å². The van der Waals surface area contributed by atoms with Gasteiger partial charge in [0, 0.05) is 15.4 Å². The molecule has 7 heavy (non-hydrogen) atoms. The highest BCUT2D eigenvalue weighted by atomic mass is 35.5. The number of halogens is 1. The fourth-order valence-corrected chi connectivity index (χ4v) is 1.54. The Labute approximate surface area is 53.1 Å². The molecule has 0 saturated carbocycles. The Balaban J connectivity index is 2.83. The lowest BCUT2D eigenvalue weighted by Crippen LogP contribution is -1.97. The molecule has 0 heterocycles. The maximum Gasteiger partial charge on any atom is 0.0345 e. The Morgan fingerprint density at radius 1 is 1.71 bits per heavy atom. The van der Waals surface area contributed by atoms with Crippen LogP contribution in [0.4, 0.5) is 0 Å². The van der Waals surface area contributed by atoms with Gasteiger partial charge in [-0.2, -0.15) is 0 Å². The van der Waals surface area contributed by atoms with Crippen molar-refractivity contribution in [3.8, 4) is 0 Å². The Kier molecular flexibility index (Phi) is 5.00. The van der Waals surface area contributed by atoms with Gasteiger partial charge < -0.3 is 0 Å². The number of alkyl halides is 1. The van der Waals surface area contributed by atoms with Gasteiger partial charge in [-0.15, -0.1) is 11.6 Å². The summed E-state index contributed by atoms with van der Waals surface area (Å²) in [6, 6.07) is 1.30. The summed E-state index contributed by atoms with van der Waals surface area (Å²) in [5.74, 6) is 1.55. The first-order chi connectivity index (χ1) is 3.31. The van der Waals surface area contributed by atoms with Crippen LogP contribution in [0.1, 0.15) is 6.92 Å². The van der Waals surface area contributed by atoms with Crippen molar-refractivity contribution in [3.05, 3.63) is 0 Å². The maximum absolute atomic E-state index is 5.54. The van der Waals surface area contributed by atoms with Gasteiger partial charge in [0.25, 0.3) is 0 Å². The molecule has 0 amide bonds. The zero-order valence-corrected chi connectivity index (χ0v) is 6.63. The SMILES string of the molecule is C[Si]CC(C)CCl. The van der Waals surface area contributed by atoms with Crippen LogP contribution in [0.25, 0.3) is 0 Å². The van der Waals surface area contributed by atoms with E-state index in [0.717, 1.165) is 21.3 Å². The average Bonchev–Trinajstić information content (AvgIpc) is 1.68.